The Morgan fingerprint density at radius 3 is 2.54 bits per heavy atom. The number of amides is 1. The number of carboxylic acids is 1. The Hall–Kier alpha value is -3.32. The van der Waals surface area contributed by atoms with Crippen LogP contribution in [-0.2, 0) is 22.6 Å². The second kappa shape index (κ2) is 9.74. The maximum absolute atomic E-state index is 12.9. The first kappa shape index (κ1) is 23.4. The van der Waals surface area contributed by atoms with E-state index >= 15 is 0 Å². The second-order valence-electron chi connectivity index (χ2n) is 9.56. The largest absolute Gasteiger partial charge is 0.497 e. The number of fused-ring (bicyclic) bond motifs is 5. The lowest BCUT2D eigenvalue weighted by molar-refractivity contribution is -0.135. The first-order chi connectivity index (χ1) is 17.0. The number of nitrogens with zero attached hydrogens (tertiary/aromatic N) is 2. The number of rotatable bonds is 5. The van der Waals surface area contributed by atoms with E-state index in [9.17, 15) is 14.7 Å². The van der Waals surface area contributed by atoms with Crippen molar-refractivity contribution in [2.45, 2.75) is 51.1 Å². The fraction of sp³-hybridized carbons (Fsp3) is 0.429. The van der Waals surface area contributed by atoms with Gasteiger partial charge in [0.15, 0.2) is 0 Å². The van der Waals surface area contributed by atoms with Crippen molar-refractivity contribution in [2.24, 2.45) is 0 Å². The number of benzene rings is 2. The molecule has 0 spiro atoms. The Balaban J connectivity index is 1.78. The summed E-state index contributed by atoms with van der Waals surface area (Å²) >= 11 is 0. The van der Waals surface area contributed by atoms with Gasteiger partial charge in [-0.15, -0.1) is 0 Å². The standard InChI is InChI=1S/C28H32N2O5/c1-34-17-25(31)29-12-13-30-24-15-19(28(32)33)8-10-23(24)26(18-6-4-3-5-7-18)27(30)22-11-9-21(35-2)14-20(22)16-29/h8-11,14-15,18H,3-7,12-13,16-17H2,1-2H3,(H,32,33). The van der Waals surface area contributed by atoms with Gasteiger partial charge in [0.1, 0.15) is 12.4 Å². The number of aromatic carboxylic acids is 1. The predicted octanol–water partition coefficient (Wildman–Crippen LogP) is 5.05. The Morgan fingerprint density at radius 1 is 1.03 bits per heavy atom. The monoisotopic (exact) mass is 476 g/mol. The third-order valence-corrected chi connectivity index (χ3v) is 7.51. The molecule has 1 amide bonds. The minimum atomic E-state index is -0.936. The molecular weight excluding hydrogens is 444 g/mol. The zero-order chi connectivity index (χ0) is 24.5. The summed E-state index contributed by atoms with van der Waals surface area (Å²) in [5.74, 6) is 0.173. The molecular formula is C28H32N2O5. The highest BCUT2D eigenvalue weighted by Gasteiger charge is 2.30. The summed E-state index contributed by atoms with van der Waals surface area (Å²) in [5.41, 5.74) is 5.77. The van der Waals surface area contributed by atoms with Crippen molar-refractivity contribution in [1.82, 2.24) is 9.47 Å². The Bertz CT molecular complexity index is 1270. The van der Waals surface area contributed by atoms with Gasteiger partial charge in [-0.25, -0.2) is 4.79 Å². The topological polar surface area (TPSA) is 81.0 Å². The molecule has 7 heteroatoms. The van der Waals surface area contributed by atoms with Crippen LogP contribution >= 0.6 is 0 Å². The van der Waals surface area contributed by atoms with Crippen molar-refractivity contribution in [3.05, 3.63) is 53.1 Å². The van der Waals surface area contributed by atoms with Crippen molar-refractivity contribution in [1.29, 1.82) is 0 Å². The summed E-state index contributed by atoms with van der Waals surface area (Å²) in [6, 6.07) is 11.6. The normalized spacial score (nSPS) is 16.3. The van der Waals surface area contributed by atoms with Gasteiger partial charge in [0.2, 0.25) is 5.91 Å². The molecule has 1 N–H and O–H groups in total. The van der Waals surface area contributed by atoms with E-state index in [1.807, 2.05) is 23.1 Å². The lowest BCUT2D eigenvalue weighted by atomic mass is 9.81. The molecule has 2 aliphatic rings. The van der Waals surface area contributed by atoms with Gasteiger partial charge in [-0.05, 0) is 60.2 Å². The summed E-state index contributed by atoms with van der Waals surface area (Å²) in [6.07, 6.45) is 5.95. The van der Waals surface area contributed by atoms with Gasteiger partial charge in [0.05, 0.1) is 18.4 Å². The van der Waals surface area contributed by atoms with Gasteiger partial charge < -0.3 is 24.0 Å². The van der Waals surface area contributed by atoms with Crippen LogP contribution in [0.15, 0.2) is 36.4 Å². The average Bonchev–Trinajstić information content (AvgIpc) is 3.18. The molecule has 3 aromatic rings. The average molecular weight is 477 g/mol. The quantitative estimate of drug-likeness (QED) is 0.557. The van der Waals surface area contributed by atoms with Crippen LogP contribution in [0.3, 0.4) is 0 Å². The molecule has 1 aliphatic carbocycles. The maximum Gasteiger partial charge on any atom is 0.335 e. The van der Waals surface area contributed by atoms with Crippen LogP contribution in [0.5, 0.6) is 5.75 Å². The summed E-state index contributed by atoms with van der Waals surface area (Å²) < 4.78 is 12.9. The zero-order valence-electron chi connectivity index (χ0n) is 20.4. The Kier molecular flexibility index (Phi) is 6.52. The van der Waals surface area contributed by atoms with E-state index in [1.165, 1.54) is 31.9 Å². The number of aromatic nitrogens is 1. The Morgan fingerprint density at radius 2 is 1.83 bits per heavy atom. The lowest BCUT2D eigenvalue weighted by Crippen LogP contribution is -2.37. The molecule has 0 radical (unpaired) electrons. The third-order valence-electron chi connectivity index (χ3n) is 7.51. The second-order valence-corrected chi connectivity index (χ2v) is 9.56. The maximum atomic E-state index is 12.9. The van der Waals surface area contributed by atoms with E-state index in [0.717, 1.165) is 46.3 Å². The number of carbonyl (C=O) groups excluding carboxylic acids is 1. The van der Waals surface area contributed by atoms with Crippen LogP contribution in [0.25, 0.3) is 22.2 Å². The summed E-state index contributed by atoms with van der Waals surface area (Å²) in [6.45, 7) is 1.59. The smallest absolute Gasteiger partial charge is 0.335 e. The molecule has 184 valence electrons. The molecule has 0 unspecified atom stereocenters. The molecule has 0 atom stereocenters. The molecule has 1 aliphatic heterocycles. The highest BCUT2D eigenvalue weighted by molar-refractivity contribution is 5.98. The lowest BCUT2D eigenvalue weighted by Gasteiger charge is -2.30. The first-order valence-corrected chi connectivity index (χ1v) is 12.3. The molecule has 0 bridgehead atoms. The molecule has 35 heavy (non-hydrogen) atoms. The van der Waals surface area contributed by atoms with E-state index in [0.29, 0.717) is 25.6 Å². The van der Waals surface area contributed by atoms with Gasteiger partial charge in [0, 0.05) is 43.2 Å². The van der Waals surface area contributed by atoms with Crippen LogP contribution in [0, 0.1) is 0 Å². The van der Waals surface area contributed by atoms with Crippen LogP contribution in [0.2, 0.25) is 0 Å². The van der Waals surface area contributed by atoms with Crippen LogP contribution in [-0.4, -0.2) is 53.8 Å². The molecule has 0 saturated heterocycles. The molecule has 1 fully saturated rings. The molecule has 2 heterocycles. The van der Waals surface area contributed by atoms with E-state index in [1.54, 1.807) is 19.2 Å². The van der Waals surface area contributed by atoms with Crippen molar-refractivity contribution in [2.75, 3.05) is 27.4 Å². The molecule has 5 rings (SSSR count). The third kappa shape index (κ3) is 4.29. The molecule has 1 saturated carbocycles. The van der Waals surface area contributed by atoms with Crippen LogP contribution < -0.4 is 4.74 Å². The van der Waals surface area contributed by atoms with Crippen molar-refractivity contribution >= 4 is 22.8 Å². The fourth-order valence-corrected chi connectivity index (χ4v) is 5.83. The number of carbonyl (C=O) groups is 2. The van der Waals surface area contributed by atoms with E-state index < -0.39 is 5.97 Å². The number of methoxy groups -OCH3 is 2. The zero-order valence-corrected chi connectivity index (χ0v) is 20.4. The van der Waals surface area contributed by atoms with E-state index in [-0.39, 0.29) is 18.1 Å². The van der Waals surface area contributed by atoms with Gasteiger partial charge in [-0.2, -0.15) is 0 Å². The highest BCUT2D eigenvalue weighted by atomic mass is 16.5. The van der Waals surface area contributed by atoms with E-state index in [4.69, 9.17) is 9.47 Å². The minimum Gasteiger partial charge on any atom is -0.497 e. The summed E-state index contributed by atoms with van der Waals surface area (Å²) in [5, 5.41) is 10.8. The summed E-state index contributed by atoms with van der Waals surface area (Å²) in [4.78, 5) is 26.5. The fourth-order valence-electron chi connectivity index (χ4n) is 5.83. The van der Waals surface area contributed by atoms with Crippen molar-refractivity contribution in [3.63, 3.8) is 0 Å². The van der Waals surface area contributed by atoms with Crippen molar-refractivity contribution in [3.8, 4) is 17.0 Å². The minimum absolute atomic E-state index is 0.0229. The highest BCUT2D eigenvalue weighted by Crippen LogP contribution is 2.46. The van der Waals surface area contributed by atoms with Crippen LogP contribution in [0.1, 0.15) is 59.5 Å². The van der Waals surface area contributed by atoms with Gasteiger partial charge in [-0.1, -0.05) is 25.3 Å². The first-order valence-electron chi connectivity index (χ1n) is 12.3. The number of hydrogen-bond donors (Lipinski definition) is 1. The van der Waals surface area contributed by atoms with Gasteiger partial charge >= 0.3 is 5.97 Å². The summed E-state index contributed by atoms with van der Waals surface area (Å²) in [7, 11) is 3.18. The molecule has 7 nitrogen and oxygen atoms in total. The Labute approximate surface area is 205 Å². The van der Waals surface area contributed by atoms with Gasteiger partial charge in [0.25, 0.3) is 0 Å². The molecule has 2 aromatic carbocycles. The number of carboxylic acid groups (broad SMARTS) is 1. The van der Waals surface area contributed by atoms with Gasteiger partial charge in [-0.3, -0.25) is 4.79 Å². The number of hydrogen-bond acceptors (Lipinski definition) is 4. The van der Waals surface area contributed by atoms with E-state index in [2.05, 4.69) is 10.6 Å². The SMILES string of the molecule is COCC(=O)N1CCn2c(c(C3CCCCC3)c3ccc(C(=O)O)cc32)-c2ccc(OC)cc2C1. The number of ether oxygens (including phenoxy) is 2. The molecule has 1 aromatic heterocycles. The predicted molar refractivity (Wildman–Crippen MR) is 134 cm³/mol. The van der Waals surface area contributed by atoms with Crippen molar-refractivity contribution < 1.29 is 24.2 Å². The van der Waals surface area contributed by atoms with Crippen LogP contribution in [0.4, 0.5) is 0 Å².